The minimum absolute atomic E-state index is 0.438. The van der Waals surface area contributed by atoms with Crippen molar-refractivity contribution >= 4 is 23.1 Å². The highest BCUT2D eigenvalue weighted by molar-refractivity contribution is 5.68. The van der Waals surface area contributed by atoms with Gasteiger partial charge in [-0.25, -0.2) is 4.98 Å². The minimum atomic E-state index is 0.438. The molecule has 0 bridgehead atoms. The summed E-state index contributed by atoms with van der Waals surface area (Å²) in [5.41, 5.74) is 4.06. The first-order valence-corrected chi connectivity index (χ1v) is 11.6. The molecular weight excluding hydrogens is 400 g/mol. The number of rotatable bonds is 6. The van der Waals surface area contributed by atoms with Gasteiger partial charge in [-0.05, 0) is 49.2 Å². The standard InChI is InChI=1S/C25H30N6O/c1-2-6-20(7-3-1)28-25-29-23(19-5-4-12-26-18-19)17-24(30-25)27-21-8-10-22(11-9-21)31-13-15-32-16-14-31/h4-5,8-12,17-18,20H,1-3,6-7,13-16H2,(H2,27,28,29,30). The number of benzene rings is 1. The summed E-state index contributed by atoms with van der Waals surface area (Å²) in [6.07, 6.45) is 9.82. The number of nitrogens with zero attached hydrogens (tertiary/aromatic N) is 4. The first-order chi connectivity index (χ1) is 15.8. The van der Waals surface area contributed by atoms with Gasteiger partial charge in [0.15, 0.2) is 0 Å². The number of morpholine rings is 1. The number of anilines is 4. The lowest BCUT2D eigenvalue weighted by molar-refractivity contribution is 0.122. The van der Waals surface area contributed by atoms with Crippen molar-refractivity contribution in [1.29, 1.82) is 0 Å². The predicted molar refractivity (Wildman–Crippen MR) is 129 cm³/mol. The Morgan fingerprint density at radius 1 is 0.938 bits per heavy atom. The maximum Gasteiger partial charge on any atom is 0.225 e. The van der Waals surface area contributed by atoms with Crippen molar-refractivity contribution in [2.75, 3.05) is 41.8 Å². The third kappa shape index (κ3) is 5.16. The molecule has 3 heterocycles. The van der Waals surface area contributed by atoms with E-state index in [0.29, 0.717) is 12.0 Å². The van der Waals surface area contributed by atoms with Crippen LogP contribution in [0.2, 0.25) is 0 Å². The third-order valence-electron chi connectivity index (χ3n) is 6.14. The summed E-state index contributed by atoms with van der Waals surface area (Å²) < 4.78 is 5.46. The lowest BCUT2D eigenvalue weighted by Crippen LogP contribution is -2.36. The molecule has 1 aliphatic heterocycles. The lowest BCUT2D eigenvalue weighted by Gasteiger charge is -2.29. The molecule has 2 aromatic heterocycles. The van der Waals surface area contributed by atoms with Gasteiger partial charge in [0.25, 0.3) is 0 Å². The first-order valence-electron chi connectivity index (χ1n) is 11.6. The SMILES string of the molecule is c1cncc(-c2cc(Nc3ccc(N4CCOCC4)cc3)nc(NC3CCCCC3)n2)c1. The average molecular weight is 431 g/mol. The minimum Gasteiger partial charge on any atom is -0.378 e. The van der Waals surface area contributed by atoms with E-state index in [-0.39, 0.29) is 0 Å². The van der Waals surface area contributed by atoms with E-state index in [9.17, 15) is 0 Å². The molecule has 0 unspecified atom stereocenters. The molecule has 166 valence electrons. The van der Waals surface area contributed by atoms with Gasteiger partial charge in [-0.15, -0.1) is 0 Å². The molecule has 2 fully saturated rings. The molecule has 2 N–H and O–H groups in total. The summed E-state index contributed by atoms with van der Waals surface area (Å²) >= 11 is 0. The Bertz CT molecular complexity index is 999. The van der Waals surface area contributed by atoms with E-state index in [1.54, 1.807) is 6.20 Å². The van der Waals surface area contributed by atoms with Crippen molar-refractivity contribution < 1.29 is 4.74 Å². The molecule has 0 spiro atoms. The molecular formula is C25H30N6O. The Morgan fingerprint density at radius 3 is 2.50 bits per heavy atom. The molecule has 1 aromatic carbocycles. The number of ether oxygens (including phenoxy) is 1. The first kappa shape index (κ1) is 20.7. The number of aromatic nitrogens is 3. The van der Waals surface area contributed by atoms with Crippen LogP contribution in [0.5, 0.6) is 0 Å². The Balaban J connectivity index is 1.37. The fourth-order valence-corrected chi connectivity index (χ4v) is 4.39. The Kier molecular flexibility index (Phi) is 6.44. The fraction of sp³-hybridized carbons (Fsp3) is 0.400. The second kappa shape index (κ2) is 9.96. The quantitative estimate of drug-likeness (QED) is 0.578. The van der Waals surface area contributed by atoms with E-state index in [0.717, 1.165) is 49.1 Å². The van der Waals surface area contributed by atoms with Crippen LogP contribution in [0.15, 0.2) is 54.9 Å². The van der Waals surface area contributed by atoms with Gasteiger partial charge in [-0.1, -0.05) is 19.3 Å². The molecule has 32 heavy (non-hydrogen) atoms. The van der Waals surface area contributed by atoms with Gasteiger partial charge in [0, 0.05) is 54.5 Å². The Morgan fingerprint density at radius 2 is 1.75 bits per heavy atom. The normalized spacial score (nSPS) is 17.2. The molecule has 1 saturated carbocycles. The highest BCUT2D eigenvalue weighted by Gasteiger charge is 2.16. The maximum atomic E-state index is 5.46. The summed E-state index contributed by atoms with van der Waals surface area (Å²) in [6, 6.07) is 14.9. The van der Waals surface area contributed by atoms with Gasteiger partial charge in [0.05, 0.1) is 18.9 Å². The Labute approximate surface area is 189 Å². The fourth-order valence-electron chi connectivity index (χ4n) is 4.39. The number of hydrogen-bond donors (Lipinski definition) is 2. The number of hydrogen-bond acceptors (Lipinski definition) is 7. The van der Waals surface area contributed by atoms with Gasteiger partial charge in [-0.2, -0.15) is 4.98 Å². The summed E-state index contributed by atoms with van der Waals surface area (Å²) in [5.74, 6) is 1.45. The van der Waals surface area contributed by atoms with Crippen molar-refractivity contribution in [3.8, 4) is 11.3 Å². The zero-order chi connectivity index (χ0) is 21.6. The molecule has 0 radical (unpaired) electrons. The van der Waals surface area contributed by atoms with Crippen LogP contribution in [0.4, 0.5) is 23.1 Å². The number of nitrogens with one attached hydrogen (secondary N) is 2. The van der Waals surface area contributed by atoms with Crippen LogP contribution < -0.4 is 15.5 Å². The molecule has 5 rings (SSSR count). The average Bonchev–Trinajstić information content (AvgIpc) is 2.86. The highest BCUT2D eigenvalue weighted by Crippen LogP contribution is 2.27. The van der Waals surface area contributed by atoms with E-state index >= 15 is 0 Å². The second-order valence-electron chi connectivity index (χ2n) is 8.45. The molecule has 7 heteroatoms. The van der Waals surface area contributed by atoms with Gasteiger partial charge >= 0.3 is 0 Å². The van der Waals surface area contributed by atoms with Crippen molar-refractivity contribution in [2.24, 2.45) is 0 Å². The molecule has 1 saturated heterocycles. The summed E-state index contributed by atoms with van der Waals surface area (Å²) in [4.78, 5) is 16.2. The van der Waals surface area contributed by atoms with Crippen molar-refractivity contribution in [3.05, 3.63) is 54.9 Å². The van der Waals surface area contributed by atoms with E-state index in [1.165, 1.54) is 37.8 Å². The van der Waals surface area contributed by atoms with Gasteiger partial charge < -0.3 is 20.3 Å². The lowest BCUT2D eigenvalue weighted by atomic mass is 9.96. The van der Waals surface area contributed by atoms with Crippen LogP contribution in [0, 0.1) is 0 Å². The second-order valence-corrected chi connectivity index (χ2v) is 8.45. The van der Waals surface area contributed by atoms with Crippen LogP contribution >= 0.6 is 0 Å². The van der Waals surface area contributed by atoms with Gasteiger partial charge in [0.1, 0.15) is 5.82 Å². The van der Waals surface area contributed by atoms with E-state index in [2.05, 4.69) is 44.8 Å². The summed E-state index contributed by atoms with van der Waals surface area (Å²) in [7, 11) is 0. The van der Waals surface area contributed by atoms with Crippen LogP contribution in [-0.4, -0.2) is 47.3 Å². The smallest absolute Gasteiger partial charge is 0.225 e. The van der Waals surface area contributed by atoms with Gasteiger partial charge in [0.2, 0.25) is 5.95 Å². The van der Waals surface area contributed by atoms with Crippen LogP contribution in [0.3, 0.4) is 0 Å². The van der Waals surface area contributed by atoms with E-state index < -0.39 is 0 Å². The van der Waals surface area contributed by atoms with Crippen molar-refractivity contribution in [3.63, 3.8) is 0 Å². The zero-order valence-electron chi connectivity index (χ0n) is 18.3. The van der Waals surface area contributed by atoms with E-state index in [4.69, 9.17) is 14.7 Å². The highest BCUT2D eigenvalue weighted by atomic mass is 16.5. The molecule has 7 nitrogen and oxygen atoms in total. The molecule has 0 amide bonds. The van der Waals surface area contributed by atoms with Crippen molar-refractivity contribution in [1.82, 2.24) is 15.0 Å². The topological polar surface area (TPSA) is 75.2 Å². The van der Waals surface area contributed by atoms with E-state index in [1.807, 2.05) is 24.4 Å². The maximum absolute atomic E-state index is 5.46. The summed E-state index contributed by atoms with van der Waals surface area (Å²) in [6.45, 7) is 3.44. The number of pyridine rings is 1. The monoisotopic (exact) mass is 430 g/mol. The van der Waals surface area contributed by atoms with Crippen molar-refractivity contribution in [2.45, 2.75) is 38.1 Å². The Hall–Kier alpha value is -3.19. The van der Waals surface area contributed by atoms with Crippen LogP contribution in [-0.2, 0) is 4.74 Å². The van der Waals surface area contributed by atoms with Gasteiger partial charge in [-0.3, -0.25) is 4.98 Å². The molecule has 0 atom stereocenters. The largest absolute Gasteiger partial charge is 0.378 e. The molecule has 2 aliphatic rings. The van der Waals surface area contributed by atoms with Crippen LogP contribution in [0.25, 0.3) is 11.3 Å². The predicted octanol–water partition coefficient (Wildman–Crippen LogP) is 4.86. The molecule has 3 aromatic rings. The third-order valence-corrected chi connectivity index (χ3v) is 6.14. The van der Waals surface area contributed by atoms with Crippen LogP contribution in [0.1, 0.15) is 32.1 Å². The zero-order valence-corrected chi connectivity index (χ0v) is 18.3. The summed E-state index contributed by atoms with van der Waals surface area (Å²) in [5, 5.41) is 7.04. The molecule has 1 aliphatic carbocycles.